The topological polar surface area (TPSA) is 111 Å². The third-order valence-electron chi connectivity index (χ3n) is 8.60. The lowest BCUT2D eigenvalue weighted by Gasteiger charge is -2.09. The maximum absolute atomic E-state index is 5.68. The molecule has 0 saturated heterocycles. The first-order chi connectivity index (χ1) is 27.9. The lowest BCUT2D eigenvalue weighted by molar-refractivity contribution is -0.0285. The minimum Gasteiger partial charge on any atom is -0.379 e. The zero-order valence-corrected chi connectivity index (χ0v) is 35.4. The monoisotopic (exact) mass is 803 g/mol. The first-order valence-electron chi connectivity index (χ1n) is 21.9. The van der Waals surface area contributed by atoms with E-state index in [-0.39, 0.29) is 0 Å². The van der Waals surface area contributed by atoms with Crippen LogP contribution < -0.4 is 0 Å². The molecule has 0 aliphatic carbocycles. The molecule has 1 aromatic carbocycles. The van der Waals surface area contributed by atoms with Crippen molar-refractivity contribution in [3.05, 3.63) is 35.9 Å². The van der Waals surface area contributed by atoms with Gasteiger partial charge in [0.05, 0.1) is 152 Å². The van der Waals surface area contributed by atoms with E-state index >= 15 is 0 Å². The molecule has 0 aliphatic rings. The third kappa shape index (κ3) is 43.9. The fraction of sp³-hybridized carbons (Fsp3) is 0.864. The molecule has 0 radical (unpaired) electrons. The van der Waals surface area contributed by atoms with Crippen LogP contribution in [0.3, 0.4) is 0 Å². The van der Waals surface area contributed by atoms with Crippen molar-refractivity contribution in [2.24, 2.45) is 0 Å². The maximum Gasteiger partial charge on any atom is 0.0718 e. The lowest BCUT2D eigenvalue weighted by atomic mass is 10.0. The van der Waals surface area contributed by atoms with Gasteiger partial charge in [0, 0.05) is 6.61 Å². The second-order valence-electron chi connectivity index (χ2n) is 13.5. The van der Waals surface area contributed by atoms with Gasteiger partial charge < -0.3 is 56.8 Å². The second kappa shape index (κ2) is 48.1. The number of unbranched alkanes of at least 4 members (excludes halogenated alkanes) is 12. The van der Waals surface area contributed by atoms with Crippen molar-refractivity contribution < 1.29 is 56.8 Å². The zero-order chi connectivity index (χ0) is 39.8. The molecule has 0 bridgehead atoms. The van der Waals surface area contributed by atoms with E-state index in [4.69, 9.17) is 56.8 Å². The summed E-state index contributed by atoms with van der Waals surface area (Å²) in [4.78, 5) is 0. The SMILES string of the molecule is CCCCCCCCCCCCCCCOCCOCCOCCOCCOCCOCCOCCOCCOCCOCCOCCOCc1ccccc1. The smallest absolute Gasteiger partial charge is 0.0718 e. The van der Waals surface area contributed by atoms with Gasteiger partial charge in [0.15, 0.2) is 0 Å². The number of benzene rings is 1. The first kappa shape index (κ1) is 52.8. The minimum atomic E-state index is 0.517. The summed E-state index contributed by atoms with van der Waals surface area (Å²) < 4.78 is 66.5. The first-order valence-corrected chi connectivity index (χ1v) is 21.9. The molecule has 56 heavy (non-hydrogen) atoms. The Labute approximate surface area is 341 Å². The molecule has 0 heterocycles. The third-order valence-corrected chi connectivity index (χ3v) is 8.60. The molecule has 0 amide bonds. The van der Waals surface area contributed by atoms with Crippen molar-refractivity contribution in [1.29, 1.82) is 0 Å². The van der Waals surface area contributed by atoms with E-state index in [1.807, 2.05) is 30.3 Å². The van der Waals surface area contributed by atoms with E-state index in [0.717, 1.165) is 18.6 Å². The van der Waals surface area contributed by atoms with E-state index in [1.54, 1.807) is 0 Å². The highest BCUT2D eigenvalue weighted by Crippen LogP contribution is 2.12. The average Bonchev–Trinajstić information content (AvgIpc) is 3.22. The minimum absolute atomic E-state index is 0.517. The Balaban J connectivity index is 1.59. The molecule has 0 atom stereocenters. The Morgan fingerprint density at radius 1 is 0.250 bits per heavy atom. The predicted octanol–water partition coefficient (Wildman–Crippen LogP) is 7.48. The Hall–Kier alpha value is -1.26. The van der Waals surface area contributed by atoms with Crippen LogP contribution in [0.2, 0.25) is 0 Å². The molecule has 0 aromatic heterocycles. The van der Waals surface area contributed by atoms with Crippen molar-refractivity contribution in [3.8, 4) is 0 Å². The quantitative estimate of drug-likeness (QED) is 0.0610. The summed E-state index contributed by atoms with van der Waals surface area (Å²) in [6.07, 6.45) is 17.8. The molecule has 0 unspecified atom stereocenters. The number of ether oxygens (including phenoxy) is 12. The largest absolute Gasteiger partial charge is 0.379 e. The van der Waals surface area contributed by atoms with E-state index < -0.39 is 0 Å². The van der Waals surface area contributed by atoms with Crippen LogP contribution in [-0.2, 0) is 63.4 Å². The van der Waals surface area contributed by atoms with Gasteiger partial charge in [-0.3, -0.25) is 0 Å². The van der Waals surface area contributed by atoms with Crippen LogP contribution in [-0.4, -0.2) is 152 Å². The predicted molar refractivity (Wildman–Crippen MR) is 221 cm³/mol. The van der Waals surface area contributed by atoms with Crippen molar-refractivity contribution in [2.45, 2.75) is 97.0 Å². The molecular formula is C44H82O12. The molecular weight excluding hydrogens is 720 g/mol. The molecule has 1 rings (SSSR count). The molecule has 1 aromatic rings. The van der Waals surface area contributed by atoms with Gasteiger partial charge in [0.1, 0.15) is 0 Å². The highest BCUT2D eigenvalue weighted by atomic mass is 16.6. The van der Waals surface area contributed by atoms with Crippen LogP contribution in [0.1, 0.15) is 96.0 Å². The molecule has 12 heteroatoms. The summed E-state index contributed by atoms with van der Waals surface area (Å²) in [5.41, 5.74) is 1.16. The van der Waals surface area contributed by atoms with Gasteiger partial charge in [-0.05, 0) is 12.0 Å². The van der Waals surface area contributed by atoms with Crippen molar-refractivity contribution in [1.82, 2.24) is 0 Å². The van der Waals surface area contributed by atoms with E-state index in [0.29, 0.717) is 152 Å². The fourth-order valence-electron chi connectivity index (χ4n) is 5.41. The Kier molecular flexibility index (Phi) is 45.3. The Bertz CT molecular complexity index is 837. The van der Waals surface area contributed by atoms with E-state index in [1.165, 1.54) is 77.0 Å². The normalized spacial score (nSPS) is 11.6. The van der Waals surface area contributed by atoms with Crippen LogP contribution in [0.25, 0.3) is 0 Å². The van der Waals surface area contributed by atoms with E-state index in [2.05, 4.69) is 6.92 Å². The van der Waals surface area contributed by atoms with Gasteiger partial charge in [-0.15, -0.1) is 0 Å². The average molecular weight is 803 g/mol. The van der Waals surface area contributed by atoms with Gasteiger partial charge >= 0.3 is 0 Å². The number of hydrogen-bond acceptors (Lipinski definition) is 12. The summed E-state index contributed by atoms with van der Waals surface area (Å²) in [5.74, 6) is 0. The van der Waals surface area contributed by atoms with Crippen LogP contribution >= 0.6 is 0 Å². The van der Waals surface area contributed by atoms with Gasteiger partial charge in [0.2, 0.25) is 0 Å². The number of hydrogen-bond donors (Lipinski definition) is 0. The summed E-state index contributed by atoms with van der Waals surface area (Å²) in [6, 6.07) is 10.1. The van der Waals surface area contributed by atoms with Crippen molar-refractivity contribution in [2.75, 3.05) is 152 Å². The highest BCUT2D eigenvalue weighted by molar-refractivity contribution is 5.13. The number of rotatable bonds is 49. The van der Waals surface area contributed by atoms with Gasteiger partial charge in [-0.2, -0.15) is 0 Å². The van der Waals surface area contributed by atoms with Gasteiger partial charge in [-0.25, -0.2) is 0 Å². The van der Waals surface area contributed by atoms with Crippen LogP contribution in [0.15, 0.2) is 30.3 Å². The zero-order valence-electron chi connectivity index (χ0n) is 35.4. The molecule has 0 spiro atoms. The van der Waals surface area contributed by atoms with Crippen LogP contribution in [0.5, 0.6) is 0 Å². The van der Waals surface area contributed by atoms with Crippen LogP contribution in [0.4, 0.5) is 0 Å². The lowest BCUT2D eigenvalue weighted by Crippen LogP contribution is -2.15. The Morgan fingerprint density at radius 2 is 0.482 bits per heavy atom. The standard InChI is InChI=1S/C44H82O12/c1-2-3-4-5-6-7-8-9-10-11-12-13-17-20-45-21-22-46-23-24-47-25-26-48-27-28-49-29-30-50-31-32-51-33-34-52-35-36-53-37-38-54-39-40-55-41-42-56-43-44-18-15-14-16-19-44/h14-16,18-19H,2-13,17,20-43H2,1H3. The summed E-state index contributed by atoms with van der Waals surface area (Å²) >= 11 is 0. The molecule has 0 fully saturated rings. The molecule has 0 saturated carbocycles. The van der Waals surface area contributed by atoms with E-state index in [9.17, 15) is 0 Å². The summed E-state index contributed by atoms with van der Waals surface area (Å²) in [7, 11) is 0. The van der Waals surface area contributed by atoms with Crippen molar-refractivity contribution >= 4 is 0 Å². The highest BCUT2D eigenvalue weighted by Gasteiger charge is 1.98. The summed E-state index contributed by atoms with van der Waals surface area (Å²) in [6.45, 7) is 15.6. The molecule has 0 N–H and O–H groups in total. The van der Waals surface area contributed by atoms with Gasteiger partial charge in [0.25, 0.3) is 0 Å². The maximum atomic E-state index is 5.68. The van der Waals surface area contributed by atoms with Crippen LogP contribution in [0, 0.1) is 0 Å². The molecule has 12 nitrogen and oxygen atoms in total. The molecule has 0 aliphatic heterocycles. The second-order valence-corrected chi connectivity index (χ2v) is 13.5. The van der Waals surface area contributed by atoms with Crippen molar-refractivity contribution in [3.63, 3.8) is 0 Å². The fourth-order valence-corrected chi connectivity index (χ4v) is 5.41. The Morgan fingerprint density at radius 3 is 0.768 bits per heavy atom. The summed E-state index contributed by atoms with van der Waals surface area (Å²) in [5, 5.41) is 0. The molecule has 330 valence electrons. The van der Waals surface area contributed by atoms with Gasteiger partial charge in [-0.1, -0.05) is 114 Å².